The molecule has 0 atom stereocenters. The maximum Gasteiger partial charge on any atom is 0.417 e. The van der Waals surface area contributed by atoms with E-state index in [-0.39, 0.29) is 5.56 Å². The highest BCUT2D eigenvalue weighted by Gasteiger charge is 2.33. The second-order valence-electron chi connectivity index (χ2n) is 4.11. The highest BCUT2D eigenvalue weighted by atomic mass is 19.4. The number of alkyl halides is 3. The Morgan fingerprint density at radius 1 is 1.16 bits per heavy atom. The fraction of sp³-hybridized carbons (Fsp3) is 0.143. The van der Waals surface area contributed by atoms with Gasteiger partial charge in [-0.3, -0.25) is 9.78 Å². The van der Waals surface area contributed by atoms with E-state index in [2.05, 4.69) is 4.98 Å². The first-order valence-electron chi connectivity index (χ1n) is 5.51. The Labute approximate surface area is 107 Å². The lowest BCUT2D eigenvalue weighted by Gasteiger charge is -2.14. The van der Waals surface area contributed by atoms with E-state index < -0.39 is 11.7 Å². The average Bonchev–Trinajstić information content (AvgIpc) is 2.38. The lowest BCUT2D eigenvalue weighted by Crippen LogP contribution is -2.08. The number of hydrogen-bond acceptors (Lipinski definition) is 2. The molecule has 0 bridgehead atoms. The van der Waals surface area contributed by atoms with Crippen molar-refractivity contribution >= 4 is 6.29 Å². The monoisotopic (exact) mass is 265 g/mol. The predicted molar refractivity (Wildman–Crippen MR) is 64.8 cm³/mol. The Kier molecular flexibility index (Phi) is 3.38. The lowest BCUT2D eigenvalue weighted by atomic mass is 9.96. The van der Waals surface area contributed by atoms with Gasteiger partial charge in [-0.15, -0.1) is 0 Å². The minimum Gasteiger partial charge on any atom is -0.298 e. The summed E-state index contributed by atoms with van der Waals surface area (Å²) in [5, 5.41) is 0. The summed E-state index contributed by atoms with van der Waals surface area (Å²) < 4.78 is 38.9. The highest BCUT2D eigenvalue weighted by Crippen LogP contribution is 2.37. The van der Waals surface area contributed by atoms with Crippen molar-refractivity contribution in [2.75, 3.05) is 0 Å². The number of aryl methyl sites for hydroxylation is 1. The van der Waals surface area contributed by atoms with Crippen LogP contribution in [0.4, 0.5) is 13.2 Å². The fourth-order valence-electron chi connectivity index (χ4n) is 1.86. The van der Waals surface area contributed by atoms with Gasteiger partial charge in [0.25, 0.3) is 0 Å². The van der Waals surface area contributed by atoms with Gasteiger partial charge in [0.05, 0.1) is 5.56 Å². The molecule has 0 amide bonds. The largest absolute Gasteiger partial charge is 0.417 e. The molecule has 0 radical (unpaired) electrons. The normalized spacial score (nSPS) is 11.4. The van der Waals surface area contributed by atoms with Crippen molar-refractivity contribution in [2.24, 2.45) is 0 Å². The van der Waals surface area contributed by atoms with Crippen molar-refractivity contribution in [3.8, 4) is 11.1 Å². The number of pyridine rings is 1. The van der Waals surface area contributed by atoms with E-state index in [1.54, 1.807) is 19.1 Å². The van der Waals surface area contributed by atoms with Crippen LogP contribution in [-0.4, -0.2) is 11.3 Å². The Bertz CT molecular complexity index is 620. The van der Waals surface area contributed by atoms with Gasteiger partial charge in [0.2, 0.25) is 0 Å². The van der Waals surface area contributed by atoms with Crippen molar-refractivity contribution in [2.45, 2.75) is 13.1 Å². The molecule has 2 aromatic rings. The first-order valence-corrected chi connectivity index (χ1v) is 5.51. The minimum absolute atomic E-state index is 0.0174. The SMILES string of the molecule is Cc1ccc(C=O)cc1-c1cnccc1C(F)(F)F. The molecule has 0 aliphatic heterocycles. The number of hydrogen-bond donors (Lipinski definition) is 0. The third kappa shape index (κ3) is 2.65. The molecule has 0 N–H and O–H groups in total. The van der Waals surface area contributed by atoms with Crippen molar-refractivity contribution in [1.82, 2.24) is 4.98 Å². The second kappa shape index (κ2) is 4.84. The van der Waals surface area contributed by atoms with Gasteiger partial charge in [0.1, 0.15) is 6.29 Å². The van der Waals surface area contributed by atoms with E-state index in [0.29, 0.717) is 23.0 Å². The second-order valence-corrected chi connectivity index (χ2v) is 4.11. The number of aldehydes is 1. The van der Waals surface area contributed by atoms with Crippen LogP contribution in [0.5, 0.6) is 0 Å². The van der Waals surface area contributed by atoms with Crippen molar-refractivity contribution in [3.05, 3.63) is 53.3 Å². The average molecular weight is 265 g/mol. The molecule has 0 saturated heterocycles. The van der Waals surface area contributed by atoms with E-state index >= 15 is 0 Å². The molecule has 98 valence electrons. The Balaban J connectivity index is 2.69. The van der Waals surface area contributed by atoms with Crippen LogP contribution in [0.2, 0.25) is 0 Å². The van der Waals surface area contributed by atoms with E-state index in [0.717, 1.165) is 12.3 Å². The summed E-state index contributed by atoms with van der Waals surface area (Å²) in [6, 6.07) is 5.55. The van der Waals surface area contributed by atoms with Crippen LogP contribution in [0.1, 0.15) is 21.5 Å². The molecule has 1 aromatic carbocycles. The van der Waals surface area contributed by atoms with Gasteiger partial charge in [-0.05, 0) is 30.2 Å². The van der Waals surface area contributed by atoms with Gasteiger partial charge in [-0.2, -0.15) is 13.2 Å². The maximum atomic E-state index is 13.0. The molecule has 19 heavy (non-hydrogen) atoms. The van der Waals surface area contributed by atoms with Crippen LogP contribution in [0.15, 0.2) is 36.7 Å². The van der Waals surface area contributed by atoms with Gasteiger partial charge in [0.15, 0.2) is 0 Å². The van der Waals surface area contributed by atoms with Gasteiger partial charge in [-0.1, -0.05) is 12.1 Å². The molecule has 0 aliphatic rings. The van der Waals surface area contributed by atoms with Crippen molar-refractivity contribution < 1.29 is 18.0 Å². The molecular weight excluding hydrogens is 255 g/mol. The summed E-state index contributed by atoms with van der Waals surface area (Å²) in [5.41, 5.74) is 0.580. The predicted octanol–water partition coefficient (Wildman–Crippen LogP) is 3.89. The highest BCUT2D eigenvalue weighted by molar-refractivity contribution is 5.81. The smallest absolute Gasteiger partial charge is 0.298 e. The standard InChI is InChI=1S/C14H10F3NO/c1-9-2-3-10(8-19)6-11(9)12-7-18-5-4-13(12)14(15,16)17/h2-8H,1H3. The molecule has 1 aromatic heterocycles. The quantitative estimate of drug-likeness (QED) is 0.771. The molecule has 1 heterocycles. The van der Waals surface area contributed by atoms with Gasteiger partial charge >= 0.3 is 6.18 Å². The third-order valence-electron chi connectivity index (χ3n) is 2.81. The zero-order chi connectivity index (χ0) is 14.0. The van der Waals surface area contributed by atoms with Crippen molar-refractivity contribution in [3.63, 3.8) is 0 Å². The number of halogens is 3. The molecule has 0 fully saturated rings. The molecule has 5 heteroatoms. The molecular formula is C14H10F3NO. The zero-order valence-electron chi connectivity index (χ0n) is 10.0. The molecule has 2 nitrogen and oxygen atoms in total. The molecule has 2 rings (SSSR count). The van der Waals surface area contributed by atoms with E-state index in [4.69, 9.17) is 0 Å². The van der Waals surface area contributed by atoms with Crippen LogP contribution in [0.25, 0.3) is 11.1 Å². The van der Waals surface area contributed by atoms with E-state index in [1.165, 1.54) is 12.3 Å². The van der Waals surface area contributed by atoms with Crippen LogP contribution in [0.3, 0.4) is 0 Å². The summed E-state index contributed by atoms with van der Waals surface area (Å²) in [6.07, 6.45) is -1.58. The van der Waals surface area contributed by atoms with Gasteiger partial charge in [-0.25, -0.2) is 0 Å². The van der Waals surface area contributed by atoms with Crippen LogP contribution < -0.4 is 0 Å². The number of rotatable bonds is 2. The fourth-order valence-corrected chi connectivity index (χ4v) is 1.86. The number of carbonyl (C=O) groups excluding carboxylic acids is 1. The van der Waals surface area contributed by atoms with E-state index in [1.807, 2.05) is 0 Å². The maximum absolute atomic E-state index is 13.0. The van der Waals surface area contributed by atoms with Crippen molar-refractivity contribution in [1.29, 1.82) is 0 Å². The Hall–Kier alpha value is -2.17. The lowest BCUT2D eigenvalue weighted by molar-refractivity contribution is -0.137. The first-order chi connectivity index (χ1) is 8.93. The third-order valence-corrected chi connectivity index (χ3v) is 2.81. The topological polar surface area (TPSA) is 30.0 Å². The van der Waals surface area contributed by atoms with Crippen LogP contribution in [-0.2, 0) is 6.18 Å². The molecule has 0 saturated carbocycles. The summed E-state index contributed by atoms with van der Waals surface area (Å²) >= 11 is 0. The molecule has 0 aliphatic carbocycles. The van der Waals surface area contributed by atoms with E-state index in [9.17, 15) is 18.0 Å². The summed E-state index contributed by atoms with van der Waals surface area (Å²) in [5.74, 6) is 0. The Morgan fingerprint density at radius 3 is 2.53 bits per heavy atom. The molecule has 0 spiro atoms. The summed E-state index contributed by atoms with van der Waals surface area (Å²) in [6.45, 7) is 1.69. The van der Waals surface area contributed by atoms with Gasteiger partial charge < -0.3 is 0 Å². The first kappa shape index (κ1) is 13.3. The van der Waals surface area contributed by atoms with Gasteiger partial charge in [0, 0.05) is 23.5 Å². The number of nitrogens with zero attached hydrogens (tertiary/aromatic N) is 1. The Morgan fingerprint density at radius 2 is 1.89 bits per heavy atom. The van der Waals surface area contributed by atoms with Crippen LogP contribution >= 0.6 is 0 Å². The summed E-state index contributed by atoms with van der Waals surface area (Å²) in [4.78, 5) is 14.5. The number of aromatic nitrogens is 1. The van der Waals surface area contributed by atoms with Crippen LogP contribution in [0, 0.1) is 6.92 Å². The number of benzene rings is 1. The number of carbonyl (C=O) groups is 1. The molecule has 0 unspecified atom stereocenters. The summed E-state index contributed by atoms with van der Waals surface area (Å²) in [7, 11) is 0. The minimum atomic E-state index is -4.46. The zero-order valence-corrected chi connectivity index (χ0v) is 10.0.